The van der Waals surface area contributed by atoms with Gasteiger partial charge in [0.1, 0.15) is 11.2 Å². The van der Waals surface area contributed by atoms with Crippen LogP contribution in [-0.2, 0) is 21.2 Å². The Labute approximate surface area is 378 Å². The predicted molar refractivity (Wildman–Crippen MR) is 243 cm³/mol. The van der Waals surface area contributed by atoms with E-state index >= 15 is 0 Å². The minimum absolute atomic E-state index is 0.000349. The maximum absolute atomic E-state index is 14.1. The fourth-order valence-corrected chi connectivity index (χ4v) is 11.1. The van der Waals surface area contributed by atoms with Gasteiger partial charge in [0.2, 0.25) is 0 Å². The van der Waals surface area contributed by atoms with Gasteiger partial charge in [0.05, 0.1) is 23.3 Å². The number of sulfonamides is 1. The highest BCUT2D eigenvalue weighted by Crippen LogP contribution is 2.39. The van der Waals surface area contributed by atoms with Crippen molar-refractivity contribution in [3.05, 3.63) is 137 Å². The number of nitrogens with one attached hydrogen (secondary N) is 2. The van der Waals surface area contributed by atoms with E-state index in [4.69, 9.17) is 11.6 Å². The van der Waals surface area contributed by atoms with E-state index in [1.54, 1.807) is 12.1 Å². The molecule has 0 aliphatic carbocycles. The lowest BCUT2D eigenvalue weighted by Gasteiger charge is -2.42. The number of aliphatic hydroxyl groups excluding tert-OH is 2. The van der Waals surface area contributed by atoms with E-state index in [-0.39, 0.29) is 29.8 Å². The molecular weight excluding hydrogens is 893 g/mol. The third-order valence-electron chi connectivity index (χ3n) is 11.6. The Morgan fingerprint density at radius 1 is 0.905 bits per heavy atom. The Morgan fingerprint density at radius 3 is 2.24 bits per heavy atom. The van der Waals surface area contributed by atoms with Crippen LogP contribution in [0, 0.1) is 5.92 Å². The molecule has 0 saturated carbocycles. The normalized spacial score (nSPS) is 17.7. The van der Waals surface area contributed by atoms with Gasteiger partial charge in [-0.05, 0) is 109 Å². The van der Waals surface area contributed by atoms with Crippen molar-refractivity contribution in [1.29, 1.82) is 0 Å². The number of rotatable bonds is 17. The predicted octanol–water partition coefficient (Wildman–Crippen LogP) is 8.73. The van der Waals surface area contributed by atoms with Crippen molar-refractivity contribution in [2.45, 2.75) is 64.1 Å². The van der Waals surface area contributed by atoms with Crippen LogP contribution in [0.4, 0.5) is 24.5 Å². The molecular formula is C46H48ClF3N4O6S3. The highest BCUT2D eigenvalue weighted by molar-refractivity contribution is 7.99. The molecule has 4 atom stereocenters. The number of carbonyl (C=O) groups excluding carboxylic acids is 1. The van der Waals surface area contributed by atoms with Crippen molar-refractivity contribution in [2.24, 2.45) is 5.92 Å². The van der Waals surface area contributed by atoms with Crippen molar-refractivity contribution < 1.29 is 41.1 Å². The Kier molecular flexibility index (Phi) is 15.4. The van der Waals surface area contributed by atoms with Gasteiger partial charge >= 0.3 is 5.51 Å². The molecule has 0 spiro atoms. The zero-order valence-corrected chi connectivity index (χ0v) is 37.3. The van der Waals surface area contributed by atoms with Gasteiger partial charge in [-0.3, -0.25) is 9.69 Å². The number of nitrogens with zero attached hydrogens (tertiary/aromatic N) is 2. The van der Waals surface area contributed by atoms with E-state index in [1.807, 2.05) is 83.6 Å². The van der Waals surface area contributed by atoms with Gasteiger partial charge in [-0.1, -0.05) is 66.2 Å². The number of anilines is 2. The number of hydrogen-bond donors (Lipinski definition) is 4. The van der Waals surface area contributed by atoms with Crippen LogP contribution in [0.15, 0.2) is 136 Å². The van der Waals surface area contributed by atoms with Crippen LogP contribution in [0.5, 0.6) is 0 Å². The molecule has 2 saturated heterocycles. The zero-order chi connectivity index (χ0) is 44.7. The molecule has 334 valence electrons. The second-order valence-electron chi connectivity index (χ2n) is 15.6. The van der Waals surface area contributed by atoms with Gasteiger partial charge in [-0.2, -0.15) is 0 Å². The SMILES string of the molecule is O=C(NS(=O)(=O)c1ccc(N[C@@H](CSc2ccccc2)CC2CCN2CCO)c([S+]([O-])C(F)(F)F)c1)c1ccc(N2CCC(C(O)c3ccccc3-c3ccc(Cl)cc3)CC2)cc1. The lowest BCUT2D eigenvalue weighted by molar-refractivity contribution is -0.0435. The smallest absolute Gasteiger partial charge is 0.578 e. The quantitative estimate of drug-likeness (QED) is 0.0528. The van der Waals surface area contributed by atoms with E-state index in [0.717, 1.165) is 52.4 Å². The number of carbonyl (C=O) groups is 1. The Hall–Kier alpha value is -4.26. The van der Waals surface area contributed by atoms with Gasteiger partial charge in [0.15, 0.2) is 4.90 Å². The third-order valence-corrected chi connectivity index (χ3v) is 15.5. The summed E-state index contributed by atoms with van der Waals surface area (Å²) >= 11 is 3.98. The molecule has 2 heterocycles. The Morgan fingerprint density at radius 2 is 1.59 bits per heavy atom. The summed E-state index contributed by atoms with van der Waals surface area (Å²) in [7, 11) is -4.72. The lowest BCUT2D eigenvalue weighted by Crippen LogP contribution is -2.51. The number of halogens is 4. The number of thioether (sulfide) groups is 1. The van der Waals surface area contributed by atoms with E-state index in [2.05, 4.69) is 15.1 Å². The molecule has 0 bridgehead atoms. The molecule has 5 aromatic rings. The summed E-state index contributed by atoms with van der Waals surface area (Å²) in [5.74, 6) is -0.558. The number of benzene rings is 5. The second kappa shape index (κ2) is 20.7. The van der Waals surface area contributed by atoms with Gasteiger partial charge in [0.25, 0.3) is 15.9 Å². The number of likely N-dealkylation sites (tertiary alicyclic amines) is 1. The molecule has 1 amide bonds. The number of alkyl halides is 3. The molecule has 2 fully saturated rings. The topological polar surface area (TPSA) is 145 Å². The van der Waals surface area contributed by atoms with Crippen molar-refractivity contribution in [2.75, 3.05) is 48.8 Å². The highest BCUT2D eigenvalue weighted by Gasteiger charge is 2.48. The summed E-state index contributed by atoms with van der Waals surface area (Å²) in [6.45, 7) is 2.47. The molecule has 0 radical (unpaired) electrons. The molecule has 17 heteroatoms. The number of piperidine rings is 1. The third kappa shape index (κ3) is 11.7. The average Bonchev–Trinajstić information content (AvgIpc) is 3.28. The largest absolute Gasteiger partial charge is 0.604 e. The Bertz CT molecular complexity index is 2430. The fraction of sp³-hybridized carbons (Fsp3) is 0.326. The molecule has 5 aromatic carbocycles. The summed E-state index contributed by atoms with van der Waals surface area (Å²) in [6.07, 6.45) is 2.05. The number of aliphatic hydroxyl groups is 2. The fourth-order valence-electron chi connectivity index (χ4n) is 8.12. The van der Waals surface area contributed by atoms with Crippen molar-refractivity contribution >= 4 is 61.8 Å². The van der Waals surface area contributed by atoms with Gasteiger partial charge in [-0.25, -0.2) is 13.1 Å². The first-order valence-electron chi connectivity index (χ1n) is 20.6. The minimum atomic E-state index is -5.21. The van der Waals surface area contributed by atoms with E-state index < -0.39 is 54.6 Å². The maximum atomic E-state index is 14.1. The van der Waals surface area contributed by atoms with Crippen LogP contribution in [-0.4, -0.2) is 90.1 Å². The molecule has 2 aliphatic heterocycles. The van der Waals surface area contributed by atoms with Crippen LogP contribution in [0.2, 0.25) is 5.02 Å². The minimum Gasteiger partial charge on any atom is -0.604 e. The van der Waals surface area contributed by atoms with Gasteiger partial charge in [0, 0.05) is 71.3 Å². The van der Waals surface area contributed by atoms with E-state index in [1.165, 1.54) is 23.9 Å². The maximum Gasteiger partial charge on any atom is 0.578 e. The summed E-state index contributed by atoms with van der Waals surface area (Å²) < 4.78 is 84.2. The molecule has 63 heavy (non-hydrogen) atoms. The molecule has 4 N–H and O–H groups in total. The van der Waals surface area contributed by atoms with E-state index in [0.29, 0.717) is 55.7 Å². The number of β-amino-alcohol motifs (C(OH)–C–C–N with tert-alkyl or cyclic N) is 1. The molecule has 2 aliphatic rings. The number of amides is 1. The van der Waals surface area contributed by atoms with Crippen LogP contribution in [0.3, 0.4) is 0 Å². The second-order valence-corrected chi connectivity index (χ2v) is 20.3. The first kappa shape index (κ1) is 46.7. The van der Waals surface area contributed by atoms with E-state index in [9.17, 15) is 41.1 Å². The van der Waals surface area contributed by atoms with Crippen molar-refractivity contribution in [1.82, 2.24) is 9.62 Å². The lowest BCUT2D eigenvalue weighted by atomic mass is 9.84. The first-order valence-corrected chi connectivity index (χ1v) is 24.6. The molecule has 0 aromatic heterocycles. The summed E-state index contributed by atoms with van der Waals surface area (Å²) in [5, 5.41) is 24.7. The average molecular weight is 942 g/mol. The van der Waals surface area contributed by atoms with Crippen LogP contribution in [0.1, 0.15) is 47.7 Å². The molecule has 10 nitrogen and oxygen atoms in total. The highest BCUT2D eigenvalue weighted by atomic mass is 35.5. The van der Waals surface area contributed by atoms with Gasteiger partial charge in [-0.15, -0.1) is 24.9 Å². The van der Waals surface area contributed by atoms with Crippen molar-refractivity contribution in [3.63, 3.8) is 0 Å². The van der Waals surface area contributed by atoms with Crippen LogP contribution in [0.25, 0.3) is 11.1 Å². The summed E-state index contributed by atoms with van der Waals surface area (Å²) in [5.41, 5.74) is -1.80. The molecule has 3 unspecified atom stereocenters. The number of hydrogen-bond acceptors (Lipinski definition) is 10. The van der Waals surface area contributed by atoms with Crippen LogP contribution < -0.4 is 14.9 Å². The molecule has 7 rings (SSSR count). The first-order chi connectivity index (χ1) is 30.2. The van der Waals surface area contributed by atoms with Crippen LogP contribution >= 0.6 is 23.4 Å². The standard InChI is InChI=1S/C46H48ClF3N4O6S3/c47-34-14-10-31(11-15-34)40-8-4-5-9-41(40)44(56)32-20-23-53(24-21-32)36-16-12-33(13-17-36)45(57)52-63(59,60)39-18-19-42(43(29-39)62(58)46(48,49)50)51-35(28-37-22-25-54(37)26-27-55)30-61-38-6-2-1-3-7-38/h1-19,29,32,35,37,44,51,55-56H,20-28,30H2,(H,52,57)/t35-,37?,44?,62?/m1/s1. The summed E-state index contributed by atoms with van der Waals surface area (Å²) in [4.78, 5) is 17.0. The van der Waals surface area contributed by atoms with Gasteiger partial charge < -0.3 is 25.0 Å². The monoisotopic (exact) mass is 940 g/mol. The Balaban J connectivity index is 1.01. The summed E-state index contributed by atoms with van der Waals surface area (Å²) in [6, 6.07) is 33.6. The zero-order valence-electron chi connectivity index (χ0n) is 34.1. The van der Waals surface area contributed by atoms with Crippen molar-refractivity contribution in [3.8, 4) is 11.1 Å².